The molecule has 1 heterocycles. The maximum atomic E-state index is 11.4. The maximum absolute atomic E-state index is 11.4. The predicted octanol–water partition coefficient (Wildman–Crippen LogP) is 1.33. The third-order valence-corrected chi connectivity index (χ3v) is 3.31. The predicted molar refractivity (Wildman–Crippen MR) is 64.8 cm³/mol. The Balaban J connectivity index is 2.01. The van der Waals surface area contributed by atoms with Gasteiger partial charge in [-0.2, -0.15) is 0 Å². The van der Waals surface area contributed by atoms with Gasteiger partial charge in [0.1, 0.15) is 23.7 Å². The average Bonchev–Trinajstić information content (AvgIpc) is 2.90. The first-order chi connectivity index (χ1) is 8.54. The van der Waals surface area contributed by atoms with Crippen LogP contribution in [0.3, 0.4) is 0 Å². The summed E-state index contributed by atoms with van der Waals surface area (Å²) in [5.41, 5.74) is 5.62. The van der Waals surface area contributed by atoms with Crippen molar-refractivity contribution >= 4 is 5.97 Å². The Kier molecular flexibility index (Phi) is 3.73. The van der Waals surface area contributed by atoms with E-state index in [2.05, 4.69) is 6.92 Å². The van der Waals surface area contributed by atoms with Crippen molar-refractivity contribution in [3.63, 3.8) is 0 Å². The summed E-state index contributed by atoms with van der Waals surface area (Å²) in [6, 6.07) is 2.40. The molecule has 2 rings (SSSR count). The molecule has 1 aromatic rings. The van der Waals surface area contributed by atoms with Crippen molar-refractivity contribution in [1.82, 2.24) is 0 Å². The second kappa shape index (κ2) is 5.12. The molecule has 18 heavy (non-hydrogen) atoms. The normalized spacial score (nSPS) is 25.6. The zero-order valence-corrected chi connectivity index (χ0v) is 10.6. The molecule has 0 amide bonds. The molecular weight excluding hydrogens is 234 g/mol. The molecule has 0 bridgehead atoms. The van der Waals surface area contributed by atoms with Crippen LogP contribution in [0.2, 0.25) is 0 Å². The molecule has 0 aromatic carbocycles. The molecule has 100 valence electrons. The van der Waals surface area contributed by atoms with Crippen molar-refractivity contribution in [2.45, 2.75) is 38.3 Å². The van der Waals surface area contributed by atoms with Crippen molar-refractivity contribution in [1.29, 1.82) is 0 Å². The minimum absolute atomic E-state index is 0.238. The lowest BCUT2D eigenvalue weighted by atomic mass is 10.1. The SMILES string of the molecule is CCOC(=O)C(N)C(O)c1ccc(C2CC2C)o1. The van der Waals surface area contributed by atoms with Gasteiger partial charge in [0.15, 0.2) is 0 Å². The highest BCUT2D eigenvalue weighted by molar-refractivity contribution is 5.76. The van der Waals surface area contributed by atoms with Gasteiger partial charge in [-0.3, -0.25) is 4.79 Å². The van der Waals surface area contributed by atoms with Crippen LogP contribution in [0.5, 0.6) is 0 Å². The number of nitrogens with two attached hydrogens (primary N) is 1. The average molecular weight is 253 g/mol. The molecule has 5 heteroatoms. The van der Waals surface area contributed by atoms with Crippen molar-refractivity contribution in [3.05, 3.63) is 23.7 Å². The first-order valence-electron chi connectivity index (χ1n) is 6.24. The fourth-order valence-corrected chi connectivity index (χ4v) is 1.99. The van der Waals surface area contributed by atoms with Gasteiger partial charge in [0, 0.05) is 5.92 Å². The van der Waals surface area contributed by atoms with E-state index < -0.39 is 18.1 Å². The van der Waals surface area contributed by atoms with Crippen molar-refractivity contribution in [3.8, 4) is 0 Å². The number of furan rings is 1. The van der Waals surface area contributed by atoms with Crippen LogP contribution in [0.15, 0.2) is 16.5 Å². The molecule has 1 fully saturated rings. The zero-order valence-electron chi connectivity index (χ0n) is 10.6. The van der Waals surface area contributed by atoms with E-state index in [9.17, 15) is 9.90 Å². The minimum atomic E-state index is -1.16. The summed E-state index contributed by atoms with van der Waals surface area (Å²) in [6.07, 6.45) is -0.0562. The van der Waals surface area contributed by atoms with Crippen LogP contribution in [0.1, 0.15) is 43.8 Å². The molecule has 0 radical (unpaired) electrons. The van der Waals surface area contributed by atoms with Crippen LogP contribution in [-0.2, 0) is 9.53 Å². The van der Waals surface area contributed by atoms with Gasteiger partial charge in [-0.25, -0.2) is 0 Å². The summed E-state index contributed by atoms with van der Waals surface area (Å²) >= 11 is 0. The molecule has 4 unspecified atom stereocenters. The van der Waals surface area contributed by atoms with Crippen LogP contribution in [0, 0.1) is 5.92 Å². The number of carbonyl (C=O) groups is 1. The minimum Gasteiger partial charge on any atom is -0.465 e. The standard InChI is InChI=1S/C13H19NO4/c1-3-17-13(16)11(14)12(15)10-5-4-9(18-10)8-6-7(8)2/h4-5,7-8,11-12,15H,3,6,14H2,1-2H3. The topological polar surface area (TPSA) is 85.7 Å². The Morgan fingerprint density at radius 2 is 2.33 bits per heavy atom. The monoisotopic (exact) mass is 253 g/mol. The lowest BCUT2D eigenvalue weighted by molar-refractivity contribution is -0.147. The van der Waals surface area contributed by atoms with Crippen molar-refractivity contribution in [2.75, 3.05) is 6.61 Å². The summed E-state index contributed by atoms with van der Waals surface area (Å²) < 4.78 is 10.3. The van der Waals surface area contributed by atoms with Gasteiger partial charge in [-0.15, -0.1) is 0 Å². The van der Waals surface area contributed by atoms with Crippen LogP contribution in [0.4, 0.5) is 0 Å². The first kappa shape index (κ1) is 13.1. The second-order valence-electron chi connectivity index (χ2n) is 4.78. The lowest BCUT2D eigenvalue weighted by Crippen LogP contribution is -2.38. The van der Waals surface area contributed by atoms with E-state index in [-0.39, 0.29) is 6.61 Å². The molecule has 1 saturated carbocycles. The number of rotatable bonds is 5. The van der Waals surface area contributed by atoms with E-state index in [0.717, 1.165) is 12.2 Å². The first-order valence-corrected chi connectivity index (χ1v) is 6.24. The molecule has 3 N–H and O–H groups in total. The van der Waals surface area contributed by atoms with Gasteiger partial charge in [0.05, 0.1) is 6.61 Å². The van der Waals surface area contributed by atoms with Gasteiger partial charge in [0.25, 0.3) is 0 Å². The van der Waals surface area contributed by atoms with E-state index in [4.69, 9.17) is 14.9 Å². The summed E-state index contributed by atoms with van der Waals surface area (Å²) in [6.45, 7) is 4.08. The van der Waals surface area contributed by atoms with E-state index in [1.807, 2.05) is 6.07 Å². The van der Waals surface area contributed by atoms with Gasteiger partial charge in [0.2, 0.25) is 0 Å². The van der Waals surface area contributed by atoms with E-state index in [1.54, 1.807) is 13.0 Å². The molecule has 1 aliphatic carbocycles. The number of hydrogen-bond acceptors (Lipinski definition) is 5. The highest BCUT2D eigenvalue weighted by atomic mass is 16.5. The molecule has 1 aliphatic rings. The Bertz CT molecular complexity index is 428. The highest BCUT2D eigenvalue weighted by Crippen LogP contribution is 2.47. The summed E-state index contributed by atoms with van der Waals surface area (Å²) in [4.78, 5) is 11.4. The number of carbonyl (C=O) groups excluding carboxylic acids is 1. The van der Waals surface area contributed by atoms with Crippen LogP contribution in [0.25, 0.3) is 0 Å². The molecule has 1 aromatic heterocycles. The Morgan fingerprint density at radius 3 is 2.89 bits per heavy atom. The third kappa shape index (κ3) is 2.57. The van der Waals surface area contributed by atoms with Gasteiger partial charge in [-0.05, 0) is 31.4 Å². The van der Waals surface area contributed by atoms with Crippen molar-refractivity contribution < 1.29 is 19.1 Å². The second-order valence-corrected chi connectivity index (χ2v) is 4.78. The fourth-order valence-electron chi connectivity index (χ4n) is 1.99. The Labute approximate surface area is 106 Å². The highest BCUT2D eigenvalue weighted by Gasteiger charge is 2.37. The number of hydrogen-bond donors (Lipinski definition) is 2. The van der Waals surface area contributed by atoms with Gasteiger partial charge in [-0.1, -0.05) is 6.92 Å². The molecular formula is C13H19NO4. The largest absolute Gasteiger partial charge is 0.465 e. The summed E-state index contributed by atoms with van der Waals surface area (Å²) in [5.74, 6) is 1.62. The molecule has 5 nitrogen and oxygen atoms in total. The Morgan fingerprint density at radius 1 is 1.67 bits per heavy atom. The van der Waals surface area contributed by atoms with Crippen molar-refractivity contribution in [2.24, 2.45) is 11.7 Å². The smallest absolute Gasteiger partial charge is 0.326 e. The number of aliphatic hydroxyl groups excluding tert-OH is 1. The number of ether oxygens (including phenoxy) is 1. The van der Waals surface area contributed by atoms with Gasteiger partial charge < -0.3 is 20.0 Å². The lowest BCUT2D eigenvalue weighted by Gasteiger charge is -2.15. The maximum Gasteiger partial charge on any atom is 0.326 e. The molecule has 0 aliphatic heterocycles. The fraction of sp³-hybridized carbons (Fsp3) is 0.615. The van der Waals surface area contributed by atoms with Crippen LogP contribution < -0.4 is 5.73 Å². The Hall–Kier alpha value is -1.33. The van der Waals surface area contributed by atoms with Crippen LogP contribution in [-0.4, -0.2) is 23.7 Å². The zero-order chi connectivity index (χ0) is 13.3. The van der Waals surface area contributed by atoms with Crippen LogP contribution >= 0.6 is 0 Å². The summed E-state index contributed by atoms with van der Waals surface area (Å²) in [7, 11) is 0. The van der Waals surface area contributed by atoms with Gasteiger partial charge >= 0.3 is 5.97 Å². The van der Waals surface area contributed by atoms with E-state index >= 15 is 0 Å². The number of aliphatic hydroxyl groups is 1. The van der Waals surface area contributed by atoms with E-state index in [1.165, 1.54) is 0 Å². The molecule has 4 atom stereocenters. The number of esters is 1. The summed E-state index contributed by atoms with van der Waals surface area (Å²) in [5, 5.41) is 9.95. The third-order valence-electron chi connectivity index (χ3n) is 3.31. The van der Waals surface area contributed by atoms with E-state index in [0.29, 0.717) is 17.6 Å². The molecule has 0 saturated heterocycles. The quantitative estimate of drug-likeness (QED) is 0.773. The molecule has 0 spiro atoms.